The van der Waals surface area contributed by atoms with E-state index in [1.165, 1.54) is 45.2 Å². The van der Waals surface area contributed by atoms with Crippen LogP contribution in [0, 0.1) is 11.2 Å². The zero-order valence-corrected chi connectivity index (χ0v) is 14.6. The summed E-state index contributed by atoms with van der Waals surface area (Å²) in [5, 5.41) is 0. The van der Waals surface area contributed by atoms with Gasteiger partial charge in [0.2, 0.25) is 0 Å². The Morgan fingerprint density at radius 3 is 2.75 bits per heavy atom. The quantitative estimate of drug-likeness (QED) is 0.845. The lowest BCUT2D eigenvalue weighted by molar-refractivity contribution is 0.0301. The highest BCUT2D eigenvalue weighted by Crippen LogP contribution is 2.41. The van der Waals surface area contributed by atoms with Crippen LogP contribution >= 0.6 is 0 Å². The fourth-order valence-electron chi connectivity index (χ4n) is 4.98. The molecular weight excluding hydrogens is 303 g/mol. The van der Waals surface area contributed by atoms with Crippen molar-refractivity contribution in [3.05, 3.63) is 35.6 Å². The van der Waals surface area contributed by atoms with Gasteiger partial charge >= 0.3 is 0 Å². The fraction of sp³-hybridized carbons (Fsp3) is 0.700. The van der Waals surface area contributed by atoms with Gasteiger partial charge in [-0.1, -0.05) is 18.2 Å². The molecule has 0 amide bonds. The van der Waals surface area contributed by atoms with Gasteiger partial charge in [-0.15, -0.1) is 0 Å². The van der Waals surface area contributed by atoms with E-state index in [-0.39, 0.29) is 5.82 Å². The van der Waals surface area contributed by atoms with Crippen LogP contribution in [0.15, 0.2) is 24.3 Å². The summed E-state index contributed by atoms with van der Waals surface area (Å²) in [6, 6.07) is 7.96. The van der Waals surface area contributed by atoms with Crippen LogP contribution in [0.2, 0.25) is 0 Å². The topological polar surface area (TPSA) is 15.7 Å². The number of halogens is 1. The van der Waals surface area contributed by atoms with Gasteiger partial charge < -0.3 is 4.74 Å². The van der Waals surface area contributed by atoms with Crippen molar-refractivity contribution in [2.75, 3.05) is 39.4 Å². The molecule has 0 radical (unpaired) electrons. The highest BCUT2D eigenvalue weighted by atomic mass is 19.1. The van der Waals surface area contributed by atoms with Crippen molar-refractivity contribution in [2.24, 2.45) is 5.41 Å². The van der Waals surface area contributed by atoms with Crippen molar-refractivity contribution in [2.45, 2.75) is 44.7 Å². The predicted molar refractivity (Wildman–Crippen MR) is 93.4 cm³/mol. The number of nitrogens with zero attached hydrogens (tertiary/aromatic N) is 2. The summed E-state index contributed by atoms with van der Waals surface area (Å²) in [4.78, 5) is 5.20. The molecule has 1 aromatic carbocycles. The lowest BCUT2D eigenvalue weighted by Crippen LogP contribution is -2.46. The Morgan fingerprint density at radius 2 is 1.92 bits per heavy atom. The van der Waals surface area contributed by atoms with Crippen LogP contribution < -0.4 is 0 Å². The van der Waals surface area contributed by atoms with Gasteiger partial charge in [0.1, 0.15) is 5.82 Å². The minimum Gasteiger partial charge on any atom is -0.381 e. The molecule has 24 heavy (non-hydrogen) atoms. The monoisotopic (exact) mass is 332 g/mol. The minimum atomic E-state index is -0.0626. The maximum Gasteiger partial charge on any atom is 0.127 e. The molecule has 3 fully saturated rings. The van der Waals surface area contributed by atoms with E-state index in [4.69, 9.17) is 4.74 Å². The second kappa shape index (κ2) is 7.11. The zero-order chi connectivity index (χ0) is 16.4. The van der Waals surface area contributed by atoms with E-state index in [0.717, 1.165) is 44.5 Å². The molecule has 0 aromatic heterocycles. The first kappa shape index (κ1) is 16.5. The lowest BCUT2D eigenvalue weighted by Gasteiger charge is -2.41. The average molecular weight is 332 g/mol. The minimum absolute atomic E-state index is 0.0626. The molecule has 0 saturated carbocycles. The van der Waals surface area contributed by atoms with Crippen molar-refractivity contribution < 1.29 is 9.13 Å². The van der Waals surface area contributed by atoms with Crippen LogP contribution in [-0.2, 0) is 11.3 Å². The molecule has 3 aliphatic rings. The molecule has 1 atom stereocenters. The summed E-state index contributed by atoms with van der Waals surface area (Å²) < 4.78 is 19.5. The summed E-state index contributed by atoms with van der Waals surface area (Å²) in [6.07, 6.45) is 6.26. The number of piperidine rings is 1. The Kier molecular flexibility index (Phi) is 4.88. The van der Waals surface area contributed by atoms with Crippen LogP contribution in [0.25, 0.3) is 0 Å². The largest absolute Gasteiger partial charge is 0.381 e. The molecule has 3 nitrogen and oxygen atoms in total. The molecule has 1 aromatic rings. The first-order valence-corrected chi connectivity index (χ1v) is 9.52. The predicted octanol–water partition coefficient (Wildman–Crippen LogP) is 3.29. The molecule has 132 valence electrons. The molecule has 4 heteroatoms. The van der Waals surface area contributed by atoms with Gasteiger partial charge in [-0.05, 0) is 56.7 Å². The van der Waals surface area contributed by atoms with Gasteiger partial charge in [0.25, 0.3) is 0 Å². The van der Waals surface area contributed by atoms with Crippen LogP contribution in [0.4, 0.5) is 4.39 Å². The van der Waals surface area contributed by atoms with E-state index >= 15 is 0 Å². The first-order valence-electron chi connectivity index (χ1n) is 9.52. The molecule has 0 N–H and O–H groups in total. The smallest absolute Gasteiger partial charge is 0.127 e. The number of hydrogen-bond donors (Lipinski definition) is 0. The fourth-order valence-corrected chi connectivity index (χ4v) is 4.98. The Labute approximate surface area is 144 Å². The van der Waals surface area contributed by atoms with Gasteiger partial charge in [-0.2, -0.15) is 0 Å². The molecule has 0 bridgehead atoms. The van der Waals surface area contributed by atoms with Crippen molar-refractivity contribution in [1.29, 1.82) is 0 Å². The van der Waals surface area contributed by atoms with Gasteiger partial charge in [-0.25, -0.2) is 4.39 Å². The molecule has 3 aliphatic heterocycles. The molecular formula is C20H29FN2O. The Hall–Kier alpha value is -0.970. The van der Waals surface area contributed by atoms with E-state index in [2.05, 4.69) is 9.80 Å². The third-order valence-electron chi connectivity index (χ3n) is 6.27. The Bertz CT molecular complexity index is 560. The summed E-state index contributed by atoms with van der Waals surface area (Å²) in [5.74, 6) is -0.0626. The third kappa shape index (κ3) is 3.51. The second-order valence-electron chi connectivity index (χ2n) is 7.97. The molecule has 3 saturated heterocycles. The highest BCUT2D eigenvalue weighted by molar-refractivity contribution is 5.17. The Morgan fingerprint density at radius 1 is 1.08 bits per heavy atom. The van der Waals surface area contributed by atoms with Gasteiger partial charge in [-0.3, -0.25) is 9.80 Å². The lowest BCUT2D eigenvalue weighted by atomic mass is 9.79. The summed E-state index contributed by atoms with van der Waals surface area (Å²) in [6.45, 7) is 7.30. The van der Waals surface area contributed by atoms with Crippen LogP contribution in [0.3, 0.4) is 0 Å². The number of ether oxygens (including phenoxy) is 1. The Balaban J connectivity index is 1.38. The van der Waals surface area contributed by atoms with Crippen LogP contribution in [0.5, 0.6) is 0 Å². The molecule has 3 heterocycles. The highest BCUT2D eigenvalue weighted by Gasteiger charge is 2.43. The normalized spacial score (nSPS) is 30.2. The van der Waals surface area contributed by atoms with Crippen molar-refractivity contribution in [1.82, 2.24) is 9.80 Å². The first-order chi connectivity index (χ1) is 11.7. The van der Waals surface area contributed by atoms with Crippen LogP contribution in [-0.4, -0.2) is 55.2 Å². The van der Waals surface area contributed by atoms with E-state index in [1.807, 2.05) is 12.1 Å². The molecule has 1 unspecified atom stereocenters. The number of rotatable bonds is 3. The van der Waals surface area contributed by atoms with Crippen molar-refractivity contribution in [3.63, 3.8) is 0 Å². The summed E-state index contributed by atoms with van der Waals surface area (Å²) >= 11 is 0. The van der Waals surface area contributed by atoms with E-state index in [1.54, 1.807) is 12.1 Å². The van der Waals surface area contributed by atoms with E-state index < -0.39 is 0 Å². The summed E-state index contributed by atoms with van der Waals surface area (Å²) in [7, 11) is 0. The molecule has 1 spiro atoms. The number of hydrogen-bond acceptors (Lipinski definition) is 3. The maximum absolute atomic E-state index is 14.0. The third-order valence-corrected chi connectivity index (χ3v) is 6.27. The summed E-state index contributed by atoms with van der Waals surface area (Å²) in [5.41, 5.74) is 1.27. The SMILES string of the molecule is Fc1ccccc1CN1CCCC2(CCN(C3CCOCC3)C2)C1. The van der Waals surface area contributed by atoms with Crippen LogP contribution in [0.1, 0.15) is 37.7 Å². The van der Waals surface area contributed by atoms with Gasteiger partial charge in [0.05, 0.1) is 0 Å². The average Bonchev–Trinajstić information content (AvgIpc) is 3.01. The second-order valence-corrected chi connectivity index (χ2v) is 7.97. The van der Waals surface area contributed by atoms with Gasteiger partial charge in [0.15, 0.2) is 0 Å². The number of benzene rings is 1. The molecule has 0 aliphatic carbocycles. The van der Waals surface area contributed by atoms with E-state index in [9.17, 15) is 4.39 Å². The van der Waals surface area contributed by atoms with Crippen molar-refractivity contribution >= 4 is 0 Å². The van der Waals surface area contributed by atoms with Gasteiger partial charge in [0, 0.05) is 44.5 Å². The van der Waals surface area contributed by atoms with Crippen molar-refractivity contribution in [3.8, 4) is 0 Å². The number of likely N-dealkylation sites (tertiary alicyclic amines) is 2. The molecule has 4 rings (SSSR count). The van der Waals surface area contributed by atoms with E-state index in [0.29, 0.717) is 5.41 Å². The maximum atomic E-state index is 14.0. The standard InChI is InChI=1S/C20H29FN2O/c21-19-5-2-1-4-17(19)14-22-10-3-8-20(15-22)9-11-23(16-20)18-6-12-24-13-7-18/h1-2,4-5,18H,3,6-16H2. The zero-order valence-electron chi connectivity index (χ0n) is 14.6.